The number of hydrogen-bond acceptors (Lipinski definition) is 2. The van der Waals surface area contributed by atoms with Crippen LogP contribution in [0.25, 0.3) is 0 Å². The summed E-state index contributed by atoms with van der Waals surface area (Å²) in [5.74, 6) is 0. The fraction of sp³-hybridized carbons (Fsp3) is 0.333. The zero-order chi connectivity index (χ0) is 9.19. The number of rotatable bonds is 3. The summed E-state index contributed by atoms with van der Waals surface area (Å²) in [5.41, 5.74) is 0. The summed E-state index contributed by atoms with van der Waals surface area (Å²) in [4.78, 5) is 2.94. The van der Waals surface area contributed by atoms with Crippen LogP contribution in [0.15, 0.2) is 22.2 Å². The van der Waals surface area contributed by atoms with Gasteiger partial charge in [0.2, 0.25) is 0 Å². The van der Waals surface area contributed by atoms with Gasteiger partial charge in [0.05, 0.1) is 10.1 Å². The van der Waals surface area contributed by atoms with Crippen LogP contribution in [0.2, 0.25) is 0 Å². The quantitative estimate of drug-likeness (QED) is 0.643. The SMILES string of the molecule is CSc1ccc(SC(F)(Cl)Cl)[nH]1. The van der Waals surface area contributed by atoms with Gasteiger partial charge in [-0.05, 0) is 30.2 Å². The molecule has 1 nitrogen and oxygen atoms in total. The molecule has 0 saturated carbocycles. The van der Waals surface area contributed by atoms with Crippen molar-refractivity contribution in [2.24, 2.45) is 0 Å². The first-order valence-electron chi connectivity index (χ1n) is 3.00. The third-order valence-electron chi connectivity index (χ3n) is 1.08. The zero-order valence-electron chi connectivity index (χ0n) is 6.11. The third kappa shape index (κ3) is 3.47. The Kier molecular flexibility index (Phi) is 3.64. The van der Waals surface area contributed by atoms with Crippen LogP contribution >= 0.6 is 46.7 Å². The molecule has 0 saturated heterocycles. The fourth-order valence-electron chi connectivity index (χ4n) is 0.659. The fourth-order valence-corrected chi connectivity index (χ4v) is 2.19. The number of aromatic nitrogens is 1. The highest BCUT2D eigenvalue weighted by atomic mass is 35.5. The molecule has 0 bridgehead atoms. The van der Waals surface area contributed by atoms with Crippen molar-refractivity contribution < 1.29 is 4.39 Å². The van der Waals surface area contributed by atoms with Crippen LogP contribution < -0.4 is 0 Å². The van der Waals surface area contributed by atoms with Gasteiger partial charge in [0.15, 0.2) is 0 Å². The standard InChI is InChI=1S/C6H6Cl2FNS2/c1-11-4-2-3-5(10-4)12-6(7,8)9/h2-3,10H,1H3. The average molecular weight is 246 g/mol. The van der Waals surface area contributed by atoms with Gasteiger partial charge in [0.25, 0.3) is 0 Å². The lowest BCUT2D eigenvalue weighted by Crippen LogP contribution is -1.94. The van der Waals surface area contributed by atoms with Gasteiger partial charge in [0.1, 0.15) is 0 Å². The second-order valence-corrected chi connectivity index (χ2v) is 5.68. The molecule has 1 aromatic heterocycles. The summed E-state index contributed by atoms with van der Waals surface area (Å²) < 4.78 is 10.4. The molecule has 0 fully saturated rings. The Morgan fingerprint density at radius 1 is 1.42 bits per heavy atom. The highest BCUT2D eigenvalue weighted by Gasteiger charge is 2.24. The van der Waals surface area contributed by atoms with Crippen molar-refractivity contribution in [2.45, 2.75) is 14.0 Å². The van der Waals surface area contributed by atoms with E-state index in [1.54, 1.807) is 6.07 Å². The Bertz CT molecular complexity index is 258. The molecule has 0 aromatic carbocycles. The highest BCUT2D eigenvalue weighted by Crippen LogP contribution is 2.41. The van der Waals surface area contributed by atoms with Crippen molar-refractivity contribution in [3.63, 3.8) is 0 Å². The molecule has 0 spiro atoms. The van der Waals surface area contributed by atoms with Crippen molar-refractivity contribution in [3.05, 3.63) is 12.1 Å². The Morgan fingerprint density at radius 2 is 2.00 bits per heavy atom. The van der Waals surface area contributed by atoms with Gasteiger partial charge in [-0.15, -0.1) is 11.8 Å². The maximum atomic E-state index is 12.7. The molecule has 0 aliphatic rings. The molecule has 68 valence electrons. The van der Waals surface area contributed by atoms with Crippen LogP contribution in [0.3, 0.4) is 0 Å². The third-order valence-corrected chi connectivity index (χ3v) is 2.91. The number of hydrogen-bond donors (Lipinski definition) is 1. The number of thioether (sulfide) groups is 2. The number of aromatic amines is 1. The lowest BCUT2D eigenvalue weighted by Gasteiger charge is -2.05. The minimum Gasteiger partial charge on any atom is -0.345 e. The minimum absolute atomic E-state index is 0.617. The number of halogens is 3. The maximum absolute atomic E-state index is 12.7. The van der Waals surface area contributed by atoms with Crippen molar-refractivity contribution in [1.29, 1.82) is 0 Å². The van der Waals surface area contributed by atoms with E-state index in [0.29, 0.717) is 5.03 Å². The lowest BCUT2D eigenvalue weighted by atomic mass is 10.7. The average Bonchev–Trinajstić information content (AvgIpc) is 2.32. The molecule has 1 rings (SSSR count). The molecule has 1 heterocycles. The van der Waals surface area contributed by atoms with Crippen molar-refractivity contribution in [1.82, 2.24) is 4.98 Å². The van der Waals surface area contributed by atoms with Crippen LogP contribution in [-0.2, 0) is 0 Å². The molecule has 0 radical (unpaired) electrons. The van der Waals surface area contributed by atoms with Gasteiger partial charge in [-0.3, -0.25) is 0 Å². The van der Waals surface area contributed by atoms with Crippen molar-refractivity contribution in [2.75, 3.05) is 6.26 Å². The van der Waals surface area contributed by atoms with Crippen LogP contribution in [0.4, 0.5) is 4.39 Å². The van der Waals surface area contributed by atoms with Gasteiger partial charge in [-0.25, -0.2) is 0 Å². The van der Waals surface area contributed by atoms with Crippen molar-refractivity contribution >= 4 is 46.7 Å². The minimum atomic E-state index is -2.26. The van der Waals surface area contributed by atoms with E-state index >= 15 is 0 Å². The van der Waals surface area contributed by atoms with E-state index in [4.69, 9.17) is 23.2 Å². The van der Waals surface area contributed by atoms with Crippen molar-refractivity contribution in [3.8, 4) is 0 Å². The Balaban J connectivity index is 2.64. The molecule has 0 aliphatic carbocycles. The summed E-state index contributed by atoms with van der Waals surface area (Å²) in [7, 11) is 0. The van der Waals surface area contributed by atoms with Gasteiger partial charge in [0, 0.05) is 0 Å². The van der Waals surface area contributed by atoms with E-state index < -0.39 is 3.92 Å². The van der Waals surface area contributed by atoms with Crippen LogP contribution in [-0.4, -0.2) is 15.2 Å². The zero-order valence-corrected chi connectivity index (χ0v) is 9.25. The summed E-state index contributed by atoms with van der Waals surface area (Å²) in [6, 6.07) is 3.57. The smallest absolute Gasteiger partial charge is 0.310 e. The van der Waals surface area contributed by atoms with Gasteiger partial charge < -0.3 is 4.98 Å². The van der Waals surface area contributed by atoms with E-state index in [1.165, 1.54) is 11.8 Å². The second kappa shape index (κ2) is 4.13. The topological polar surface area (TPSA) is 15.8 Å². The monoisotopic (exact) mass is 245 g/mol. The Hall–Kier alpha value is 0.490. The summed E-state index contributed by atoms with van der Waals surface area (Å²) >= 11 is 12.6. The van der Waals surface area contributed by atoms with Gasteiger partial charge in [-0.1, -0.05) is 23.2 Å². The second-order valence-electron chi connectivity index (χ2n) is 1.94. The normalized spacial score (nSPS) is 12.0. The largest absolute Gasteiger partial charge is 0.345 e. The summed E-state index contributed by atoms with van der Waals surface area (Å²) in [5, 5.41) is 1.57. The molecule has 0 atom stereocenters. The van der Waals surface area contributed by atoms with Gasteiger partial charge in [-0.2, -0.15) is 4.39 Å². The maximum Gasteiger partial charge on any atom is 0.310 e. The van der Waals surface area contributed by atoms with E-state index in [2.05, 4.69) is 4.98 Å². The van der Waals surface area contributed by atoms with Crippen LogP contribution in [0.5, 0.6) is 0 Å². The van der Waals surface area contributed by atoms with E-state index in [0.717, 1.165) is 16.8 Å². The van der Waals surface area contributed by atoms with Gasteiger partial charge >= 0.3 is 3.92 Å². The predicted octanol–water partition coefficient (Wildman–Crippen LogP) is 3.89. The lowest BCUT2D eigenvalue weighted by molar-refractivity contribution is 0.515. The molecule has 1 aromatic rings. The molecule has 0 amide bonds. The molecular formula is C6H6Cl2FNS2. The Labute approximate surface area is 88.4 Å². The van der Waals surface area contributed by atoms with Crippen LogP contribution in [0, 0.1) is 0 Å². The Morgan fingerprint density at radius 3 is 2.42 bits per heavy atom. The first-order valence-corrected chi connectivity index (χ1v) is 5.80. The molecule has 1 N–H and O–H groups in total. The number of H-pyrrole nitrogens is 1. The predicted molar refractivity (Wildman–Crippen MR) is 54.0 cm³/mol. The summed E-state index contributed by atoms with van der Waals surface area (Å²) in [6.45, 7) is 0. The molecule has 0 aliphatic heterocycles. The molecule has 12 heavy (non-hydrogen) atoms. The molecule has 0 unspecified atom stereocenters. The number of nitrogens with one attached hydrogen (secondary N) is 1. The number of alkyl halides is 3. The van der Waals surface area contributed by atoms with Crippen LogP contribution in [0.1, 0.15) is 0 Å². The molecule has 6 heteroatoms. The van der Waals surface area contributed by atoms with E-state index in [9.17, 15) is 4.39 Å². The summed E-state index contributed by atoms with van der Waals surface area (Å²) in [6.07, 6.45) is 1.92. The van der Waals surface area contributed by atoms with E-state index in [1.807, 2.05) is 12.3 Å². The van der Waals surface area contributed by atoms with E-state index in [-0.39, 0.29) is 0 Å². The first kappa shape index (κ1) is 10.6. The molecular weight excluding hydrogens is 240 g/mol. The highest BCUT2D eigenvalue weighted by molar-refractivity contribution is 8.03. The first-order chi connectivity index (χ1) is 5.51.